The van der Waals surface area contributed by atoms with Gasteiger partial charge in [0.15, 0.2) is 6.23 Å². The first-order valence-electron chi connectivity index (χ1n) is 10.3. The van der Waals surface area contributed by atoms with Gasteiger partial charge in [0.25, 0.3) is 5.91 Å². The molecule has 1 unspecified atom stereocenters. The molecule has 0 radical (unpaired) electrons. The quantitative estimate of drug-likeness (QED) is 0.525. The molecule has 2 atom stereocenters. The molecule has 8 nitrogen and oxygen atoms in total. The summed E-state index contributed by atoms with van der Waals surface area (Å²) < 4.78 is 5.23. The number of pyridine rings is 1. The fourth-order valence-electron chi connectivity index (χ4n) is 4.24. The number of hydrogen-bond donors (Lipinski definition) is 2. The van der Waals surface area contributed by atoms with E-state index in [-0.39, 0.29) is 17.6 Å². The molecule has 1 amide bonds. The van der Waals surface area contributed by atoms with Crippen LogP contribution in [0.15, 0.2) is 35.5 Å². The number of fused-ring (bicyclic) bond motifs is 1. The number of carbonyl (C=O) groups excluding carboxylic acids is 1. The van der Waals surface area contributed by atoms with E-state index in [0.29, 0.717) is 40.0 Å². The van der Waals surface area contributed by atoms with Crippen molar-refractivity contribution in [3.63, 3.8) is 0 Å². The Morgan fingerprint density at radius 2 is 2.19 bits per heavy atom. The van der Waals surface area contributed by atoms with Crippen molar-refractivity contribution in [2.24, 2.45) is 10.7 Å². The highest BCUT2D eigenvalue weighted by Gasteiger charge is 2.36. The number of aliphatic imine (C=N–C) groups is 1. The molecule has 3 N–H and O–H groups in total. The molecule has 1 fully saturated rings. The minimum absolute atomic E-state index is 0.126. The average molecular weight is 444 g/mol. The predicted octanol–water partition coefficient (Wildman–Crippen LogP) is 2.71. The summed E-state index contributed by atoms with van der Waals surface area (Å²) in [6, 6.07) is 7.18. The molecule has 0 aliphatic carbocycles. The van der Waals surface area contributed by atoms with Gasteiger partial charge >= 0.3 is 0 Å². The summed E-state index contributed by atoms with van der Waals surface area (Å²) >= 11 is 6.24. The summed E-state index contributed by atoms with van der Waals surface area (Å²) in [7, 11) is 1.47. The molecule has 164 valence electrons. The summed E-state index contributed by atoms with van der Waals surface area (Å²) in [5.41, 5.74) is 8.04. The molecule has 1 saturated heterocycles. The van der Waals surface area contributed by atoms with Gasteiger partial charge in [0.05, 0.1) is 23.4 Å². The molecular weight excluding hydrogens is 418 g/mol. The van der Waals surface area contributed by atoms with E-state index in [1.807, 2.05) is 0 Å². The summed E-state index contributed by atoms with van der Waals surface area (Å²) in [4.78, 5) is 25.3. The summed E-state index contributed by atoms with van der Waals surface area (Å²) in [6.07, 6.45) is 2.91. The van der Waals surface area contributed by atoms with Gasteiger partial charge < -0.3 is 20.5 Å². The molecule has 0 spiro atoms. The number of aliphatic hydroxyl groups is 1. The zero-order chi connectivity index (χ0) is 22.1. The van der Waals surface area contributed by atoms with Crippen molar-refractivity contribution in [2.45, 2.75) is 32.0 Å². The van der Waals surface area contributed by atoms with Crippen molar-refractivity contribution in [3.05, 3.63) is 52.2 Å². The maximum atomic E-state index is 13.0. The van der Waals surface area contributed by atoms with Crippen molar-refractivity contribution >= 4 is 29.0 Å². The second-order valence-electron chi connectivity index (χ2n) is 7.85. The van der Waals surface area contributed by atoms with Gasteiger partial charge in [-0.1, -0.05) is 17.7 Å². The first-order valence-corrected chi connectivity index (χ1v) is 10.7. The smallest absolute Gasteiger partial charge is 0.256 e. The van der Waals surface area contributed by atoms with Gasteiger partial charge in [-0.2, -0.15) is 0 Å². The lowest BCUT2D eigenvalue weighted by atomic mass is 10.1. The monoisotopic (exact) mass is 443 g/mol. The van der Waals surface area contributed by atoms with Crippen LogP contribution < -0.4 is 10.5 Å². The number of likely N-dealkylation sites (tertiary alicyclic amines) is 1. The number of rotatable bonds is 6. The Balaban J connectivity index is 1.56. The van der Waals surface area contributed by atoms with Gasteiger partial charge in [-0.3, -0.25) is 9.69 Å². The van der Waals surface area contributed by atoms with Gasteiger partial charge in [-0.15, -0.1) is 0 Å². The first-order chi connectivity index (χ1) is 14.9. The molecule has 4 rings (SSSR count). The van der Waals surface area contributed by atoms with E-state index in [9.17, 15) is 9.90 Å². The molecule has 0 bridgehead atoms. The number of methoxy groups -OCH3 is 1. The fourth-order valence-corrected chi connectivity index (χ4v) is 4.48. The Bertz CT molecular complexity index is 1030. The van der Waals surface area contributed by atoms with Crippen LogP contribution in [0.2, 0.25) is 5.02 Å². The van der Waals surface area contributed by atoms with Crippen molar-refractivity contribution in [2.75, 3.05) is 26.7 Å². The Morgan fingerprint density at radius 1 is 1.39 bits per heavy atom. The zero-order valence-electron chi connectivity index (χ0n) is 17.6. The van der Waals surface area contributed by atoms with Gasteiger partial charge in [-0.25, -0.2) is 9.98 Å². The number of hydrogen-bond acceptors (Lipinski definition) is 6. The maximum absolute atomic E-state index is 13.0. The molecule has 0 saturated carbocycles. The number of aliphatic hydroxyl groups excluding tert-OH is 1. The number of aromatic nitrogens is 1. The van der Waals surface area contributed by atoms with Crippen LogP contribution in [0.5, 0.6) is 5.88 Å². The van der Waals surface area contributed by atoms with Crippen molar-refractivity contribution < 1.29 is 14.6 Å². The minimum Gasteiger partial charge on any atom is -0.480 e. The van der Waals surface area contributed by atoms with E-state index in [4.69, 9.17) is 22.1 Å². The third kappa shape index (κ3) is 4.11. The van der Waals surface area contributed by atoms with Crippen LogP contribution in [0.1, 0.15) is 47.5 Å². The number of ether oxygens (including phenoxy) is 1. The van der Waals surface area contributed by atoms with Crippen LogP contribution in [0, 0.1) is 0 Å². The molecule has 9 heteroatoms. The minimum atomic E-state index is -0.955. The fraction of sp³-hybridized carbons (Fsp3) is 0.409. The van der Waals surface area contributed by atoms with E-state index in [1.54, 1.807) is 24.3 Å². The van der Waals surface area contributed by atoms with E-state index >= 15 is 0 Å². The van der Waals surface area contributed by atoms with Crippen LogP contribution in [-0.2, 0) is 0 Å². The van der Waals surface area contributed by atoms with Crippen molar-refractivity contribution in [1.29, 1.82) is 0 Å². The normalized spacial score (nSPS) is 21.6. The Morgan fingerprint density at radius 3 is 2.90 bits per heavy atom. The highest BCUT2D eigenvalue weighted by atomic mass is 35.5. The SMILES string of the molecule is COc1nccc(Cl)c1C(N)=Nc1ccc2c(c1)C(=O)N(CCN1CCC[C@H]1C)C2O. The standard InChI is InChI=1S/C22H26ClN5O3/c1-13-4-3-9-27(13)10-11-28-21(29)15-6-5-14(12-16(15)22(28)30)26-19(24)18-17(23)7-8-25-20(18)31-2/h5-8,12-13,21,29H,3-4,9-11H2,1-2H3,(H2,24,26)/t13-,21?/m1/s1. The average Bonchev–Trinajstić information content (AvgIpc) is 3.26. The van der Waals surface area contributed by atoms with E-state index in [2.05, 4.69) is 21.8 Å². The third-order valence-electron chi connectivity index (χ3n) is 5.98. The molecule has 2 aliphatic rings. The highest BCUT2D eigenvalue weighted by Crippen LogP contribution is 2.34. The second-order valence-corrected chi connectivity index (χ2v) is 8.25. The topological polar surface area (TPSA) is 104 Å². The Hall–Kier alpha value is -2.68. The van der Waals surface area contributed by atoms with Crippen molar-refractivity contribution in [3.8, 4) is 5.88 Å². The van der Waals surface area contributed by atoms with Gasteiger partial charge in [0.1, 0.15) is 5.84 Å². The van der Waals surface area contributed by atoms with E-state index in [0.717, 1.165) is 13.1 Å². The summed E-state index contributed by atoms with van der Waals surface area (Å²) in [6.45, 7) is 4.45. The summed E-state index contributed by atoms with van der Waals surface area (Å²) in [5, 5.41) is 11.1. The number of halogens is 1. The summed E-state index contributed by atoms with van der Waals surface area (Å²) in [5.74, 6) is 0.187. The third-order valence-corrected chi connectivity index (χ3v) is 6.30. The van der Waals surface area contributed by atoms with E-state index in [1.165, 1.54) is 31.0 Å². The predicted molar refractivity (Wildman–Crippen MR) is 119 cm³/mol. The number of nitrogens with two attached hydrogens (primary N) is 1. The lowest BCUT2D eigenvalue weighted by Gasteiger charge is -2.26. The first kappa shape index (κ1) is 21.5. The Labute approximate surface area is 186 Å². The molecule has 2 aliphatic heterocycles. The number of amides is 1. The van der Waals surface area contributed by atoms with E-state index < -0.39 is 6.23 Å². The van der Waals surface area contributed by atoms with Gasteiger partial charge in [0.2, 0.25) is 5.88 Å². The van der Waals surface area contributed by atoms with Crippen LogP contribution in [0.25, 0.3) is 0 Å². The second kappa shape index (κ2) is 8.82. The van der Waals surface area contributed by atoms with Crippen LogP contribution in [0.3, 0.4) is 0 Å². The molecule has 3 heterocycles. The van der Waals surface area contributed by atoms with Gasteiger partial charge in [0, 0.05) is 36.5 Å². The van der Waals surface area contributed by atoms with Crippen LogP contribution >= 0.6 is 11.6 Å². The van der Waals surface area contributed by atoms with Crippen LogP contribution in [-0.4, -0.2) is 64.4 Å². The lowest BCUT2D eigenvalue weighted by molar-refractivity contribution is 0.0133. The molecule has 1 aromatic carbocycles. The Kier molecular flexibility index (Phi) is 6.13. The highest BCUT2D eigenvalue weighted by molar-refractivity contribution is 6.34. The van der Waals surface area contributed by atoms with Gasteiger partial charge in [-0.05, 0) is 44.5 Å². The van der Waals surface area contributed by atoms with Crippen molar-refractivity contribution in [1.82, 2.24) is 14.8 Å². The molecule has 1 aromatic heterocycles. The number of benzene rings is 1. The molecule has 31 heavy (non-hydrogen) atoms. The number of nitrogens with zero attached hydrogens (tertiary/aromatic N) is 4. The maximum Gasteiger partial charge on any atom is 0.256 e. The molecular formula is C22H26ClN5O3. The van der Waals surface area contributed by atoms with Crippen LogP contribution in [0.4, 0.5) is 5.69 Å². The number of carbonyl (C=O) groups is 1. The zero-order valence-corrected chi connectivity index (χ0v) is 18.3. The largest absolute Gasteiger partial charge is 0.480 e. The lowest BCUT2D eigenvalue weighted by Crippen LogP contribution is -2.38. The number of amidine groups is 1. The molecule has 2 aromatic rings.